The summed E-state index contributed by atoms with van der Waals surface area (Å²) in [5.41, 5.74) is 5.19. The van der Waals surface area contributed by atoms with Crippen LogP contribution in [0.25, 0.3) is 0 Å². The van der Waals surface area contributed by atoms with Crippen LogP contribution in [-0.2, 0) is 0 Å². The van der Waals surface area contributed by atoms with E-state index < -0.39 is 11.6 Å². The molecule has 0 amide bonds. The number of benzene rings is 1. The Labute approximate surface area is 61.4 Å². The normalized spacial score (nSPS) is 9.90. The van der Waals surface area contributed by atoms with E-state index in [2.05, 4.69) is 0 Å². The van der Waals surface area contributed by atoms with Gasteiger partial charge in [-0.15, -0.1) is 0 Å². The zero-order valence-corrected chi connectivity index (χ0v) is 5.62. The maximum atomic E-state index is 12.2. The first-order chi connectivity index (χ1) is 4.61. The molecule has 0 atom stereocenters. The quantitative estimate of drug-likeness (QED) is 0.461. The molecule has 0 heterocycles. The largest absolute Gasteiger partial charge is 0.397 e. The van der Waals surface area contributed by atoms with Crippen LogP contribution in [0.4, 0.5) is 14.5 Å². The lowest BCUT2D eigenvalue weighted by atomic mass is 10.3. The Bertz CT molecular complexity index is 212. The van der Waals surface area contributed by atoms with Gasteiger partial charge in [-0.3, -0.25) is 0 Å². The third kappa shape index (κ3) is 1.19. The van der Waals surface area contributed by atoms with Gasteiger partial charge in [-0.1, -0.05) is 11.6 Å². The molecule has 0 unspecified atom stereocenters. The van der Waals surface area contributed by atoms with Crippen molar-refractivity contribution in [3.8, 4) is 0 Å². The first kappa shape index (κ1) is 7.28. The number of hydrogen-bond acceptors (Lipinski definition) is 1. The van der Waals surface area contributed by atoms with E-state index in [-0.39, 0.29) is 10.7 Å². The van der Waals surface area contributed by atoms with Crippen LogP contribution in [0.3, 0.4) is 0 Å². The fraction of sp³-hybridized carbons (Fsp3) is 0. The Morgan fingerprint density at radius 1 is 1.20 bits per heavy atom. The minimum atomic E-state index is -0.987. The van der Waals surface area contributed by atoms with Gasteiger partial charge in [0.1, 0.15) is 0 Å². The molecule has 10 heavy (non-hydrogen) atoms. The second kappa shape index (κ2) is 2.42. The number of hydrogen-bond donors (Lipinski definition) is 1. The van der Waals surface area contributed by atoms with Crippen LogP contribution in [0.5, 0.6) is 0 Å². The Morgan fingerprint density at radius 2 is 1.70 bits per heavy atom. The highest BCUT2D eigenvalue weighted by molar-refractivity contribution is 6.33. The van der Waals surface area contributed by atoms with E-state index in [1.807, 2.05) is 0 Å². The van der Waals surface area contributed by atoms with E-state index >= 15 is 0 Å². The van der Waals surface area contributed by atoms with Crippen molar-refractivity contribution in [1.29, 1.82) is 0 Å². The zero-order valence-electron chi connectivity index (χ0n) is 4.87. The molecule has 0 saturated carbocycles. The van der Waals surface area contributed by atoms with E-state index in [1.54, 1.807) is 0 Å². The van der Waals surface area contributed by atoms with Gasteiger partial charge in [0.05, 0.1) is 10.7 Å². The maximum Gasteiger partial charge on any atom is 0.160 e. The van der Waals surface area contributed by atoms with Crippen LogP contribution in [0, 0.1) is 11.6 Å². The van der Waals surface area contributed by atoms with E-state index in [1.165, 1.54) is 0 Å². The molecule has 1 aromatic carbocycles. The molecule has 1 aromatic rings. The molecule has 0 aliphatic rings. The second-order valence-corrected chi connectivity index (χ2v) is 2.20. The van der Waals surface area contributed by atoms with Crippen molar-refractivity contribution < 1.29 is 8.78 Å². The van der Waals surface area contributed by atoms with Crippen molar-refractivity contribution >= 4 is 17.3 Å². The SMILES string of the molecule is Nc1cc(F)c(F)cc1Cl. The smallest absolute Gasteiger partial charge is 0.160 e. The number of nitrogens with two attached hydrogens (primary N) is 1. The van der Waals surface area contributed by atoms with Crippen molar-refractivity contribution in [1.82, 2.24) is 0 Å². The van der Waals surface area contributed by atoms with Crippen LogP contribution in [0.1, 0.15) is 0 Å². The van der Waals surface area contributed by atoms with Crippen molar-refractivity contribution in [3.63, 3.8) is 0 Å². The molecule has 0 spiro atoms. The number of rotatable bonds is 0. The molecule has 0 aromatic heterocycles. The van der Waals surface area contributed by atoms with E-state index in [0.29, 0.717) is 0 Å². The van der Waals surface area contributed by atoms with Gasteiger partial charge in [0.25, 0.3) is 0 Å². The van der Waals surface area contributed by atoms with Gasteiger partial charge in [0.15, 0.2) is 11.6 Å². The van der Waals surface area contributed by atoms with Crippen molar-refractivity contribution in [2.45, 2.75) is 0 Å². The molecule has 54 valence electrons. The van der Waals surface area contributed by atoms with Gasteiger partial charge < -0.3 is 5.73 Å². The average Bonchev–Trinajstić information content (AvgIpc) is 1.84. The van der Waals surface area contributed by atoms with Crippen LogP contribution in [0.15, 0.2) is 12.1 Å². The summed E-state index contributed by atoms with van der Waals surface area (Å²) in [5, 5.41) is 0.0268. The Hall–Kier alpha value is -0.830. The first-order valence-corrected chi connectivity index (χ1v) is 2.89. The Balaban J connectivity index is 3.28. The highest BCUT2D eigenvalue weighted by Gasteiger charge is 2.04. The molecule has 1 nitrogen and oxygen atoms in total. The molecule has 0 bridgehead atoms. The van der Waals surface area contributed by atoms with Crippen LogP contribution in [-0.4, -0.2) is 0 Å². The van der Waals surface area contributed by atoms with Crippen LogP contribution >= 0.6 is 11.6 Å². The van der Waals surface area contributed by atoms with Crippen LogP contribution < -0.4 is 5.73 Å². The third-order valence-corrected chi connectivity index (χ3v) is 1.37. The van der Waals surface area contributed by atoms with Gasteiger partial charge in [0, 0.05) is 6.07 Å². The average molecular weight is 164 g/mol. The fourth-order valence-electron chi connectivity index (χ4n) is 0.538. The molecule has 2 N–H and O–H groups in total. The zero-order chi connectivity index (χ0) is 7.72. The molecular formula is C6H4ClF2N. The molecular weight excluding hydrogens is 160 g/mol. The highest BCUT2D eigenvalue weighted by atomic mass is 35.5. The molecule has 0 saturated heterocycles. The summed E-state index contributed by atoms with van der Waals surface area (Å²) < 4.78 is 24.5. The summed E-state index contributed by atoms with van der Waals surface area (Å²) in [6.07, 6.45) is 0. The second-order valence-electron chi connectivity index (χ2n) is 1.79. The minimum absolute atomic E-state index is 0.0268. The predicted octanol–water partition coefficient (Wildman–Crippen LogP) is 2.20. The highest BCUT2D eigenvalue weighted by Crippen LogP contribution is 2.21. The van der Waals surface area contributed by atoms with Gasteiger partial charge >= 0.3 is 0 Å². The standard InChI is InChI=1S/C6H4ClF2N/c7-3-1-4(8)5(9)2-6(3)10/h1-2H,10H2. The Morgan fingerprint density at radius 3 is 2.20 bits per heavy atom. The van der Waals surface area contributed by atoms with Crippen molar-refractivity contribution in [2.75, 3.05) is 5.73 Å². The topological polar surface area (TPSA) is 26.0 Å². The molecule has 1 rings (SSSR count). The number of nitrogen functional groups attached to an aromatic ring is 1. The van der Waals surface area contributed by atoms with Gasteiger partial charge in [0.2, 0.25) is 0 Å². The van der Waals surface area contributed by atoms with Gasteiger partial charge in [-0.05, 0) is 6.07 Å². The maximum absolute atomic E-state index is 12.2. The lowest BCUT2D eigenvalue weighted by Gasteiger charge is -1.97. The minimum Gasteiger partial charge on any atom is -0.397 e. The monoisotopic (exact) mass is 163 g/mol. The van der Waals surface area contributed by atoms with Crippen molar-refractivity contribution in [2.24, 2.45) is 0 Å². The van der Waals surface area contributed by atoms with Gasteiger partial charge in [-0.2, -0.15) is 0 Å². The van der Waals surface area contributed by atoms with E-state index in [4.69, 9.17) is 17.3 Å². The summed E-state index contributed by atoms with van der Waals surface area (Å²) in [4.78, 5) is 0. The fourth-order valence-corrected chi connectivity index (χ4v) is 0.688. The lowest BCUT2D eigenvalue weighted by molar-refractivity contribution is 0.509. The van der Waals surface area contributed by atoms with Crippen LogP contribution in [0.2, 0.25) is 5.02 Å². The summed E-state index contributed by atoms with van der Waals surface area (Å²) in [7, 11) is 0. The molecule has 0 radical (unpaired) electrons. The molecule has 0 aliphatic heterocycles. The van der Waals surface area contributed by atoms with E-state index in [0.717, 1.165) is 12.1 Å². The lowest BCUT2D eigenvalue weighted by Crippen LogP contribution is -1.90. The van der Waals surface area contributed by atoms with Crippen molar-refractivity contribution in [3.05, 3.63) is 28.8 Å². The molecule has 0 fully saturated rings. The summed E-state index contributed by atoms with van der Waals surface area (Å²) in [5.74, 6) is -1.97. The number of halogens is 3. The first-order valence-electron chi connectivity index (χ1n) is 2.51. The third-order valence-electron chi connectivity index (χ3n) is 1.04. The van der Waals surface area contributed by atoms with Gasteiger partial charge in [-0.25, -0.2) is 8.78 Å². The summed E-state index contributed by atoms with van der Waals surface area (Å²) in [6, 6.07) is 1.68. The summed E-state index contributed by atoms with van der Waals surface area (Å²) in [6.45, 7) is 0. The summed E-state index contributed by atoms with van der Waals surface area (Å²) >= 11 is 5.35. The molecule has 4 heteroatoms. The molecule has 0 aliphatic carbocycles. The van der Waals surface area contributed by atoms with E-state index in [9.17, 15) is 8.78 Å². The Kier molecular flexibility index (Phi) is 1.76. The number of anilines is 1. The predicted molar refractivity (Wildman–Crippen MR) is 35.8 cm³/mol.